The highest BCUT2D eigenvalue weighted by Crippen LogP contribution is 2.23. The Morgan fingerprint density at radius 1 is 1.39 bits per heavy atom. The molecule has 0 heterocycles. The molecule has 23 heavy (non-hydrogen) atoms. The summed E-state index contributed by atoms with van der Waals surface area (Å²) < 4.78 is 4.31. The van der Waals surface area contributed by atoms with Crippen LogP contribution in [0.2, 0.25) is 0 Å². The van der Waals surface area contributed by atoms with E-state index in [-0.39, 0.29) is 0 Å². The van der Waals surface area contributed by atoms with Gasteiger partial charge in [-0.15, -0.1) is 0 Å². The number of hydrogen-bond donors (Lipinski definition) is 1. The van der Waals surface area contributed by atoms with Crippen LogP contribution in [0.1, 0.15) is 31.9 Å². The van der Waals surface area contributed by atoms with Crippen LogP contribution in [0.15, 0.2) is 30.8 Å². The summed E-state index contributed by atoms with van der Waals surface area (Å²) in [6, 6.07) is 5.20. The molecule has 1 aromatic rings. The van der Waals surface area contributed by atoms with Crippen LogP contribution in [0, 0.1) is 10.1 Å². The molecule has 0 aliphatic heterocycles. The van der Waals surface area contributed by atoms with Gasteiger partial charge in [-0.25, -0.2) is 4.79 Å². The molecule has 1 aromatic carbocycles. The highest BCUT2D eigenvalue weighted by molar-refractivity contribution is 6.00. The van der Waals surface area contributed by atoms with E-state index in [9.17, 15) is 19.7 Å². The quantitative estimate of drug-likeness (QED) is 0.373. The number of nitrogens with one attached hydrogen (secondary N) is 1. The zero-order valence-electron chi connectivity index (χ0n) is 13.6. The third-order valence-corrected chi connectivity index (χ3v) is 3.40. The van der Waals surface area contributed by atoms with Crippen LogP contribution < -0.4 is 5.32 Å². The molecule has 7 nitrogen and oxygen atoms in total. The molecule has 0 aliphatic carbocycles. The number of benzene rings is 1. The fraction of sp³-hybridized carbons (Fsp3) is 0.375. The fourth-order valence-corrected chi connectivity index (χ4v) is 2.02. The number of rotatable bonds is 6. The van der Waals surface area contributed by atoms with Crippen molar-refractivity contribution < 1.29 is 19.2 Å². The fourth-order valence-electron chi connectivity index (χ4n) is 2.02. The van der Waals surface area contributed by atoms with Gasteiger partial charge < -0.3 is 10.1 Å². The lowest BCUT2D eigenvalue weighted by atomic mass is 9.91. The van der Waals surface area contributed by atoms with Crippen LogP contribution in [-0.4, -0.2) is 30.0 Å². The molecule has 0 aromatic heterocycles. The van der Waals surface area contributed by atoms with E-state index in [1.165, 1.54) is 0 Å². The van der Waals surface area contributed by atoms with Gasteiger partial charge in [0.15, 0.2) is 0 Å². The third-order valence-electron chi connectivity index (χ3n) is 3.40. The van der Waals surface area contributed by atoms with Gasteiger partial charge in [-0.1, -0.05) is 30.4 Å². The standard InChI is InChI=1S/C16H20N2O5/c1-10(2)11-7-6-8-12(9-11)16(3,4)17-14(19)13(18(21)22)15(20)23-5/h6-9,13H,1H2,2-5H3,(H,17,19). The maximum absolute atomic E-state index is 12.1. The molecule has 7 heteroatoms. The average Bonchev–Trinajstić information content (AvgIpc) is 2.46. The van der Waals surface area contributed by atoms with E-state index in [1.807, 2.05) is 19.1 Å². The Labute approximate surface area is 134 Å². The second-order valence-electron chi connectivity index (χ2n) is 5.69. The molecule has 1 atom stereocenters. The van der Waals surface area contributed by atoms with Gasteiger partial charge in [-0.05, 0) is 38.0 Å². The van der Waals surface area contributed by atoms with Crippen LogP contribution in [0.3, 0.4) is 0 Å². The van der Waals surface area contributed by atoms with Gasteiger partial charge >= 0.3 is 17.9 Å². The molecular formula is C16H20N2O5. The second kappa shape index (κ2) is 7.04. The van der Waals surface area contributed by atoms with E-state index in [4.69, 9.17) is 0 Å². The summed E-state index contributed by atoms with van der Waals surface area (Å²) in [6.07, 6.45) is 0. The van der Waals surface area contributed by atoms with Crippen molar-refractivity contribution in [3.8, 4) is 0 Å². The van der Waals surface area contributed by atoms with Crippen molar-refractivity contribution in [3.63, 3.8) is 0 Å². The third kappa shape index (κ3) is 4.38. The lowest BCUT2D eigenvalue weighted by Gasteiger charge is -2.27. The molecule has 0 saturated carbocycles. The number of carbonyl (C=O) groups excluding carboxylic acids is 2. The van der Waals surface area contributed by atoms with Crippen molar-refractivity contribution >= 4 is 17.4 Å². The Bertz CT molecular complexity index is 652. The van der Waals surface area contributed by atoms with E-state index in [2.05, 4.69) is 16.6 Å². The topological polar surface area (TPSA) is 98.5 Å². The molecule has 1 unspecified atom stereocenters. The Morgan fingerprint density at radius 2 is 2.00 bits per heavy atom. The van der Waals surface area contributed by atoms with E-state index in [1.54, 1.807) is 26.0 Å². The average molecular weight is 320 g/mol. The number of nitro groups is 1. The lowest BCUT2D eigenvalue weighted by molar-refractivity contribution is -0.496. The molecule has 0 fully saturated rings. The van der Waals surface area contributed by atoms with Gasteiger partial charge in [0, 0.05) is 4.92 Å². The number of amides is 1. The van der Waals surface area contributed by atoms with Gasteiger partial charge in [-0.3, -0.25) is 14.9 Å². The lowest BCUT2D eigenvalue weighted by Crippen LogP contribution is -2.51. The second-order valence-corrected chi connectivity index (χ2v) is 5.69. The Balaban J connectivity index is 3.07. The summed E-state index contributed by atoms with van der Waals surface area (Å²) >= 11 is 0. The Morgan fingerprint density at radius 3 is 2.48 bits per heavy atom. The zero-order valence-corrected chi connectivity index (χ0v) is 13.6. The first-order valence-corrected chi connectivity index (χ1v) is 6.90. The summed E-state index contributed by atoms with van der Waals surface area (Å²) in [5.74, 6) is -2.23. The first-order valence-electron chi connectivity index (χ1n) is 6.90. The molecule has 0 bridgehead atoms. The number of ether oxygens (including phenoxy) is 1. The maximum Gasteiger partial charge on any atom is 0.391 e. The number of methoxy groups -OCH3 is 1. The summed E-state index contributed by atoms with van der Waals surface area (Å²) in [6.45, 7) is 9.09. The molecule has 1 rings (SSSR count). The highest BCUT2D eigenvalue weighted by atomic mass is 16.6. The van der Waals surface area contributed by atoms with Crippen LogP contribution in [0.25, 0.3) is 5.57 Å². The van der Waals surface area contributed by atoms with Crippen LogP contribution in [0.5, 0.6) is 0 Å². The smallest absolute Gasteiger partial charge is 0.391 e. The first kappa shape index (κ1) is 18.3. The van der Waals surface area contributed by atoms with Crippen molar-refractivity contribution in [2.75, 3.05) is 7.11 Å². The molecule has 0 radical (unpaired) electrons. The molecule has 0 aliphatic rings. The maximum atomic E-state index is 12.1. The van der Waals surface area contributed by atoms with Crippen molar-refractivity contribution in [2.24, 2.45) is 0 Å². The number of allylic oxidation sites excluding steroid dienone is 1. The van der Waals surface area contributed by atoms with E-state index in [0.29, 0.717) is 0 Å². The minimum absolute atomic E-state index is 0.735. The highest BCUT2D eigenvalue weighted by Gasteiger charge is 2.41. The van der Waals surface area contributed by atoms with Crippen molar-refractivity contribution in [2.45, 2.75) is 32.4 Å². The summed E-state index contributed by atoms with van der Waals surface area (Å²) in [4.78, 5) is 33.5. The van der Waals surface area contributed by atoms with Crippen LogP contribution >= 0.6 is 0 Å². The molecule has 1 amide bonds. The minimum Gasteiger partial charge on any atom is -0.464 e. The van der Waals surface area contributed by atoms with E-state index >= 15 is 0 Å². The van der Waals surface area contributed by atoms with Gasteiger partial charge in [-0.2, -0.15) is 0 Å². The van der Waals surface area contributed by atoms with Gasteiger partial charge in [0.1, 0.15) is 0 Å². The predicted molar refractivity (Wildman–Crippen MR) is 85.1 cm³/mol. The van der Waals surface area contributed by atoms with Crippen molar-refractivity contribution in [1.82, 2.24) is 5.32 Å². The monoisotopic (exact) mass is 320 g/mol. The van der Waals surface area contributed by atoms with Gasteiger partial charge in [0.05, 0.1) is 12.6 Å². The van der Waals surface area contributed by atoms with E-state index in [0.717, 1.165) is 23.8 Å². The number of hydrogen-bond acceptors (Lipinski definition) is 5. The largest absolute Gasteiger partial charge is 0.464 e. The normalized spacial score (nSPS) is 12.2. The molecule has 0 saturated heterocycles. The zero-order chi connectivity index (χ0) is 17.8. The van der Waals surface area contributed by atoms with Gasteiger partial charge in [0.25, 0.3) is 0 Å². The van der Waals surface area contributed by atoms with Gasteiger partial charge in [0.2, 0.25) is 0 Å². The number of carbonyl (C=O) groups is 2. The molecule has 1 N–H and O–H groups in total. The Kier molecular flexibility index (Phi) is 5.62. The summed E-state index contributed by atoms with van der Waals surface area (Å²) in [5, 5.41) is 13.5. The molecule has 124 valence electrons. The van der Waals surface area contributed by atoms with Crippen molar-refractivity contribution in [3.05, 3.63) is 52.1 Å². The number of nitrogens with zero attached hydrogens (tertiary/aromatic N) is 1. The molecule has 0 spiro atoms. The molecular weight excluding hydrogens is 300 g/mol. The number of esters is 1. The van der Waals surface area contributed by atoms with Crippen molar-refractivity contribution in [1.29, 1.82) is 0 Å². The summed E-state index contributed by atoms with van der Waals surface area (Å²) in [7, 11) is 0.994. The van der Waals surface area contributed by atoms with E-state index < -0.39 is 28.4 Å². The Hall–Kier alpha value is -2.70. The van der Waals surface area contributed by atoms with Crippen LogP contribution in [0.4, 0.5) is 0 Å². The summed E-state index contributed by atoms with van der Waals surface area (Å²) in [5.41, 5.74) is 1.57. The predicted octanol–water partition coefficient (Wildman–Crippen LogP) is 1.89. The first-order chi connectivity index (χ1) is 10.6. The minimum atomic E-state index is -2.09. The SMILES string of the molecule is C=C(C)c1cccc(C(C)(C)NC(=O)C(C(=O)OC)[N+](=O)[O-])c1. The van der Waals surface area contributed by atoms with Crippen LogP contribution in [-0.2, 0) is 19.9 Å².